The number of primary amides is 2. The van der Waals surface area contributed by atoms with Gasteiger partial charge in [0.25, 0.3) is 0 Å². The van der Waals surface area contributed by atoms with Gasteiger partial charge in [-0.2, -0.15) is 0 Å². The first kappa shape index (κ1) is 123. The van der Waals surface area contributed by atoms with Crippen LogP contribution in [-0.2, 0) is 97.5 Å². The molecule has 0 saturated heterocycles. The van der Waals surface area contributed by atoms with Crippen LogP contribution in [-0.4, -0.2) is 272 Å². The van der Waals surface area contributed by atoms with Crippen LogP contribution < -0.4 is 136 Å². The summed E-state index contributed by atoms with van der Waals surface area (Å²) in [6, 6.07) is -12.9. The molecule has 139 heavy (non-hydrogen) atoms. The Kier molecular flexibility index (Phi) is 61.5. The van der Waals surface area contributed by atoms with Crippen molar-refractivity contribution >= 4 is 123 Å². The number of amides is 19. The molecular weight excluding hydrogens is 1800 g/mol. The highest BCUT2D eigenvalue weighted by molar-refractivity contribution is 6.02. The van der Waals surface area contributed by atoms with E-state index in [0.717, 1.165) is 25.7 Å². The number of fused-ring (bicyclic) bond motifs is 1. The van der Waals surface area contributed by atoms with Crippen LogP contribution in [0.3, 0.4) is 0 Å². The third kappa shape index (κ3) is 49.2. The predicted octanol–water partition coefficient (Wildman–Crippen LogP) is -4.10. The molecule has 1 heterocycles. The van der Waals surface area contributed by atoms with Gasteiger partial charge in [0.15, 0.2) is 0 Å². The zero-order valence-corrected chi connectivity index (χ0v) is 83.0. The topological polar surface area (TPSA) is 773 Å². The van der Waals surface area contributed by atoms with Crippen molar-refractivity contribution in [1.82, 2.24) is 95.4 Å². The van der Waals surface area contributed by atoms with Gasteiger partial charge in [0.1, 0.15) is 84.6 Å². The quantitative estimate of drug-likeness (QED) is 0.0280. The molecule has 16 atom stereocenters. The van der Waals surface area contributed by atoms with Gasteiger partial charge in [0, 0.05) is 36.4 Å². The fourth-order valence-electron chi connectivity index (χ4n) is 14.9. The largest absolute Gasteiger partial charge is 0.391 e. The van der Waals surface area contributed by atoms with Crippen molar-refractivity contribution in [3.63, 3.8) is 0 Å². The molecule has 2 rings (SSSR count). The number of aromatic nitrogens is 1. The summed E-state index contributed by atoms with van der Waals surface area (Å²) >= 11 is 0. The average molecular weight is 1970 g/mol. The van der Waals surface area contributed by atoms with Gasteiger partial charge in [0.2, 0.25) is 112 Å². The molecule has 19 amide bonds. The number of nitrogens with two attached hydrogens (primary N) is 8. The Labute approximate surface area is 815 Å². The highest BCUT2D eigenvalue weighted by Gasteiger charge is 2.40. The number of hydrogen-bond acceptors (Lipinski definition) is 26. The van der Waals surface area contributed by atoms with E-state index in [9.17, 15) is 81.8 Å². The summed E-state index contributed by atoms with van der Waals surface area (Å²) in [4.78, 5) is 267. The minimum atomic E-state index is -1.66. The molecule has 0 aliphatic rings. The maximum atomic E-state index is 15.2. The first-order chi connectivity index (χ1) is 66.0. The molecule has 0 spiro atoms. The fourth-order valence-corrected chi connectivity index (χ4v) is 14.9. The molecule has 0 aliphatic carbocycles. The molecule has 0 bridgehead atoms. The molecule has 0 fully saturated rings. The standard InChI is InChI=1S/C93H164N26O20/c1-11-13-14-15-16-39-74(123)104-53-76(125)106-57(8)80(126)119-79(59(10)120)93(139)107-58(9)81(127)118-78(56(7)12-2)92(138)114-68(38-24-30-47-99)86(132)112-69(40-41-72(100)121)88(134)117-77(55(5)6)91(137)113-67(37-23-29-46-98)85(131)110-66(36-22-28-45-97)87(133)115-70(48-54(3)4)89(135)116-71(49-60-50-102-62-32-18-17-31-61(60)62)90(136)111-65(35-21-27-44-96)84(130)109-64(34-20-26-43-95)83(129)108-63(33-19-25-42-94)82(128)105-52-75(124)103-51-73(101)122/h17-18,31-32,50,54-59,63-71,77-79,102,120H,11-16,19-30,33-49,51-53,94-99H2,1-10H3,(H2,100,121)(H2,101,122)(H,103,124)(H,104,123)(H,105,128)(H,106,125)(H,107,139)(H,108,129)(H,109,130)(H,110,131)(H,111,136)(H,112,132)(H,113,137)(H,114,138)(H,115,133)(H,116,135)(H,117,134)(H,118,127)(H,119,126)/t56-,57-,58-,59+,63-,64-,65-,66-,67-,68-,69-,70-,71-,77-,78-,79-/m0/s1. The summed E-state index contributed by atoms with van der Waals surface area (Å²) in [6.07, 6.45) is 7.94. The number of carbonyl (C=O) groups is 19. The number of unbranched alkanes of at least 4 members (excludes halogenated alkanes) is 10. The van der Waals surface area contributed by atoms with Gasteiger partial charge in [-0.25, -0.2) is 0 Å². The van der Waals surface area contributed by atoms with Gasteiger partial charge in [-0.3, -0.25) is 91.1 Å². The van der Waals surface area contributed by atoms with Crippen LogP contribution >= 0.6 is 0 Å². The molecule has 0 aliphatic heterocycles. The third-order valence-corrected chi connectivity index (χ3v) is 23.3. The zero-order valence-electron chi connectivity index (χ0n) is 83.0. The second-order valence-corrected chi connectivity index (χ2v) is 36.2. The number of nitrogens with one attached hydrogen (secondary N) is 18. The molecule has 0 saturated carbocycles. The lowest BCUT2D eigenvalue weighted by Crippen LogP contribution is -2.62. The SMILES string of the molecule is CCCCCCCC(=O)NCC(=O)N[C@@H](C)C(=O)N[C@H](C(=O)N[C@@H](C)C(=O)N[C@H](C(=O)N[C@@H](CCCCN)C(=O)N[C@@H](CCC(N)=O)C(=O)N[C@H](C(=O)N[C@@H](CCCCN)C(=O)N[C@@H](CCCCN)C(=O)N[C@@H](CC(C)C)C(=O)N[C@@H](Cc1c[nH]c2ccccc12)C(=O)N[C@@H](CCCCN)C(=O)N[C@@H](CCCCN)C(=O)N[C@@H](CCCCN)C(=O)NCC(=O)NCC(N)=O)C(C)C)[C@@H](C)CC)[C@@H](C)O. The van der Waals surface area contributed by atoms with Crippen LogP contribution in [0.1, 0.15) is 255 Å². The summed E-state index contributed by atoms with van der Waals surface area (Å²) in [5.41, 5.74) is 47.3. The Morgan fingerprint density at radius 1 is 0.324 bits per heavy atom. The zero-order chi connectivity index (χ0) is 104. The summed E-state index contributed by atoms with van der Waals surface area (Å²) in [5.74, 6) is -17.6. The summed E-state index contributed by atoms with van der Waals surface area (Å²) < 4.78 is 0. The van der Waals surface area contributed by atoms with Crippen molar-refractivity contribution in [2.75, 3.05) is 58.9 Å². The molecule has 46 heteroatoms. The number of aliphatic hydroxyl groups is 1. The molecule has 0 unspecified atom stereocenters. The Morgan fingerprint density at radius 2 is 0.683 bits per heavy atom. The number of hydrogen-bond donors (Lipinski definition) is 27. The molecule has 46 nitrogen and oxygen atoms in total. The smallest absolute Gasteiger partial charge is 0.245 e. The summed E-state index contributed by atoms with van der Waals surface area (Å²) in [5, 5.41) is 55.8. The molecule has 1 aromatic carbocycles. The molecule has 0 radical (unpaired) electrons. The van der Waals surface area contributed by atoms with Gasteiger partial charge in [-0.1, -0.05) is 98.8 Å². The van der Waals surface area contributed by atoms with Gasteiger partial charge in [-0.15, -0.1) is 0 Å². The third-order valence-electron chi connectivity index (χ3n) is 23.3. The number of benzene rings is 1. The van der Waals surface area contributed by atoms with E-state index < -0.39 is 241 Å². The van der Waals surface area contributed by atoms with Crippen LogP contribution in [0, 0.1) is 17.8 Å². The van der Waals surface area contributed by atoms with Crippen molar-refractivity contribution < 1.29 is 96.2 Å². The molecular formula is C93H164N26O20. The van der Waals surface area contributed by atoms with Crippen LogP contribution in [0.15, 0.2) is 30.5 Å². The number of aromatic amines is 1. The lowest BCUT2D eigenvalue weighted by molar-refractivity contribution is -0.137. The number of para-hydroxylation sites is 1. The van der Waals surface area contributed by atoms with E-state index in [0.29, 0.717) is 74.3 Å². The minimum absolute atomic E-state index is 0.0189. The second-order valence-electron chi connectivity index (χ2n) is 36.2. The van der Waals surface area contributed by atoms with E-state index >= 15 is 14.4 Å². The van der Waals surface area contributed by atoms with Crippen molar-refractivity contribution in [2.45, 2.75) is 346 Å². The highest BCUT2D eigenvalue weighted by atomic mass is 16.3. The van der Waals surface area contributed by atoms with Crippen LogP contribution in [0.25, 0.3) is 10.9 Å². The molecule has 786 valence electrons. The summed E-state index contributed by atoms with van der Waals surface area (Å²) in [7, 11) is 0. The van der Waals surface area contributed by atoms with Crippen molar-refractivity contribution in [1.29, 1.82) is 0 Å². The Morgan fingerprint density at radius 3 is 1.11 bits per heavy atom. The monoisotopic (exact) mass is 1970 g/mol. The van der Waals surface area contributed by atoms with Crippen LogP contribution in [0.5, 0.6) is 0 Å². The maximum absolute atomic E-state index is 15.2. The van der Waals surface area contributed by atoms with Crippen molar-refractivity contribution in [2.24, 2.45) is 63.6 Å². The van der Waals surface area contributed by atoms with Gasteiger partial charge >= 0.3 is 0 Å². The highest BCUT2D eigenvalue weighted by Crippen LogP contribution is 2.22. The van der Waals surface area contributed by atoms with E-state index in [4.69, 9.17) is 45.9 Å². The number of rotatable bonds is 75. The van der Waals surface area contributed by atoms with Crippen LogP contribution in [0.4, 0.5) is 0 Å². The van der Waals surface area contributed by atoms with E-state index in [1.165, 1.54) is 20.8 Å². The average Bonchev–Trinajstić information content (AvgIpc) is 1.72. The Balaban J connectivity index is 2.59. The molecule has 2 aromatic rings. The first-order valence-electron chi connectivity index (χ1n) is 49.1. The molecule has 35 N–H and O–H groups in total. The minimum Gasteiger partial charge on any atom is -0.391 e. The van der Waals surface area contributed by atoms with E-state index in [-0.39, 0.29) is 141 Å². The second kappa shape index (κ2) is 69.3. The van der Waals surface area contributed by atoms with Gasteiger partial charge in [0.05, 0.1) is 25.7 Å². The van der Waals surface area contributed by atoms with Crippen molar-refractivity contribution in [3.8, 4) is 0 Å². The Bertz CT molecular complexity index is 4210. The number of aliphatic hydroxyl groups excluding tert-OH is 1. The van der Waals surface area contributed by atoms with E-state index in [1.54, 1.807) is 72.0 Å². The lowest BCUT2D eigenvalue weighted by Gasteiger charge is -2.30. The fraction of sp³-hybridized carbons (Fsp3) is 0.710. The van der Waals surface area contributed by atoms with E-state index in [2.05, 4.69) is 102 Å². The number of H-pyrrole nitrogens is 1. The van der Waals surface area contributed by atoms with Gasteiger partial charge in [-0.05, 0) is 224 Å². The van der Waals surface area contributed by atoms with Crippen LogP contribution in [0.2, 0.25) is 0 Å². The van der Waals surface area contributed by atoms with Gasteiger partial charge < -0.3 is 146 Å². The normalized spacial score (nSPS) is 14.7. The Hall–Kier alpha value is -11.6. The van der Waals surface area contributed by atoms with E-state index in [1.807, 2.05) is 0 Å². The van der Waals surface area contributed by atoms with Crippen molar-refractivity contribution in [3.05, 3.63) is 36.0 Å². The summed E-state index contributed by atoms with van der Waals surface area (Å²) in [6.45, 7) is 15.6. The maximum Gasteiger partial charge on any atom is 0.245 e. The molecule has 1 aromatic heterocycles. The lowest BCUT2D eigenvalue weighted by atomic mass is 9.97. The predicted molar refractivity (Wildman–Crippen MR) is 523 cm³/mol. The number of carbonyl (C=O) groups excluding carboxylic acids is 19. The first-order valence-corrected chi connectivity index (χ1v) is 49.1.